The van der Waals surface area contributed by atoms with E-state index in [1.165, 1.54) is 17.4 Å². The van der Waals surface area contributed by atoms with E-state index in [1.807, 2.05) is 19.9 Å². The zero-order valence-corrected chi connectivity index (χ0v) is 12.4. The van der Waals surface area contributed by atoms with Crippen LogP contribution in [0.2, 0.25) is 0 Å². The van der Waals surface area contributed by atoms with Gasteiger partial charge in [-0.3, -0.25) is 4.79 Å². The SMILES string of the molecule is CC(C)N(CCCO)C(=O)c1cc2c(F)cccc2s1. The lowest BCUT2D eigenvalue weighted by Gasteiger charge is -2.25. The van der Waals surface area contributed by atoms with Crippen molar-refractivity contribution in [3.63, 3.8) is 0 Å². The van der Waals surface area contributed by atoms with Crippen LogP contribution in [0, 0.1) is 5.82 Å². The Labute approximate surface area is 121 Å². The number of aliphatic hydroxyl groups excluding tert-OH is 1. The zero-order valence-electron chi connectivity index (χ0n) is 11.6. The average Bonchev–Trinajstić information content (AvgIpc) is 2.84. The number of nitrogens with zero attached hydrogens (tertiary/aromatic N) is 1. The molecule has 2 aromatic rings. The molecule has 2 rings (SSSR count). The van der Waals surface area contributed by atoms with Crippen molar-refractivity contribution in [1.29, 1.82) is 0 Å². The number of rotatable bonds is 5. The summed E-state index contributed by atoms with van der Waals surface area (Å²) in [4.78, 5) is 14.8. The van der Waals surface area contributed by atoms with Gasteiger partial charge in [0.25, 0.3) is 5.91 Å². The fraction of sp³-hybridized carbons (Fsp3) is 0.400. The second kappa shape index (κ2) is 6.33. The van der Waals surface area contributed by atoms with E-state index in [0.29, 0.717) is 23.2 Å². The van der Waals surface area contributed by atoms with E-state index in [-0.39, 0.29) is 24.4 Å². The lowest BCUT2D eigenvalue weighted by atomic mass is 10.2. The quantitative estimate of drug-likeness (QED) is 0.919. The van der Waals surface area contributed by atoms with Crippen molar-refractivity contribution in [2.45, 2.75) is 26.3 Å². The van der Waals surface area contributed by atoms with Crippen LogP contribution in [0.25, 0.3) is 10.1 Å². The highest BCUT2D eigenvalue weighted by atomic mass is 32.1. The van der Waals surface area contributed by atoms with Crippen molar-refractivity contribution >= 4 is 27.3 Å². The first-order valence-electron chi connectivity index (χ1n) is 6.64. The maximum Gasteiger partial charge on any atom is 0.264 e. The summed E-state index contributed by atoms with van der Waals surface area (Å²) in [5.41, 5.74) is 0. The molecule has 0 atom stereocenters. The Balaban J connectivity index is 2.31. The topological polar surface area (TPSA) is 40.5 Å². The van der Waals surface area contributed by atoms with Gasteiger partial charge in [-0.05, 0) is 38.5 Å². The maximum absolute atomic E-state index is 13.7. The molecule has 3 nitrogen and oxygen atoms in total. The Morgan fingerprint density at radius 1 is 1.45 bits per heavy atom. The summed E-state index contributed by atoms with van der Waals surface area (Å²) in [5, 5.41) is 9.41. The van der Waals surface area contributed by atoms with E-state index in [9.17, 15) is 9.18 Å². The number of fused-ring (bicyclic) bond motifs is 1. The first kappa shape index (κ1) is 14.9. The molecule has 1 heterocycles. The van der Waals surface area contributed by atoms with Gasteiger partial charge in [0.15, 0.2) is 0 Å². The number of halogens is 1. The minimum absolute atomic E-state index is 0.0455. The van der Waals surface area contributed by atoms with Crippen molar-refractivity contribution in [2.75, 3.05) is 13.2 Å². The number of benzene rings is 1. The summed E-state index contributed by atoms with van der Waals surface area (Å²) in [7, 11) is 0. The molecule has 1 amide bonds. The van der Waals surface area contributed by atoms with E-state index in [0.717, 1.165) is 4.70 Å². The van der Waals surface area contributed by atoms with Gasteiger partial charge in [0.05, 0.1) is 4.88 Å². The van der Waals surface area contributed by atoms with Crippen LogP contribution in [-0.2, 0) is 0 Å². The smallest absolute Gasteiger partial charge is 0.264 e. The number of aliphatic hydroxyl groups is 1. The first-order chi connectivity index (χ1) is 9.54. The highest BCUT2D eigenvalue weighted by molar-refractivity contribution is 7.20. The minimum atomic E-state index is -0.302. The molecule has 0 aliphatic rings. The summed E-state index contributed by atoms with van der Waals surface area (Å²) in [6.45, 7) is 4.42. The van der Waals surface area contributed by atoms with Gasteiger partial charge < -0.3 is 10.0 Å². The standard InChI is InChI=1S/C15H18FNO2S/c1-10(2)17(7-4-8-18)15(19)14-9-11-12(16)5-3-6-13(11)20-14/h3,5-6,9-10,18H,4,7-8H2,1-2H3. The lowest BCUT2D eigenvalue weighted by molar-refractivity contribution is 0.0698. The molecule has 1 aromatic carbocycles. The molecule has 0 radical (unpaired) electrons. The molecule has 108 valence electrons. The molecular weight excluding hydrogens is 277 g/mol. The summed E-state index contributed by atoms with van der Waals surface area (Å²) in [6.07, 6.45) is 0.545. The number of carbonyl (C=O) groups excluding carboxylic acids is 1. The average molecular weight is 295 g/mol. The normalized spacial score (nSPS) is 11.2. The molecule has 1 aromatic heterocycles. The molecule has 0 aliphatic heterocycles. The van der Waals surface area contributed by atoms with Crippen LogP contribution in [0.5, 0.6) is 0 Å². The Bertz CT molecular complexity index is 609. The van der Waals surface area contributed by atoms with E-state index in [1.54, 1.807) is 17.0 Å². The maximum atomic E-state index is 13.7. The second-order valence-electron chi connectivity index (χ2n) is 4.93. The van der Waals surface area contributed by atoms with E-state index in [2.05, 4.69) is 0 Å². The molecular formula is C15H18FNO2S. The summed E-state index contributed by atoms with van der Waals surface area (Å²) in [5.74, 6) is -0.404. The van der Waals surface area contributed by atoms with Crippen molar-refractivity contribution in [3.05, 3.63) is 35.0 Å². The van der Waals surface area contributed by atoms with Gasteiger partial charge in [0.2, 0.25) is 0 Å². The largest absolute Gasteiger partial charge is 0.396 e. The molecule has 20 heavy (non-hydrogen) atoms. The lowest BCUT2D eigenvalue weighted by Crippen LogP contribution is -2.37. The molecule has 0 spiro atoms. The Kier molecular flexibility index (Phi) is 4.73. The zero-order chi connectivity index (χ0) is 14.7. The Morgan fingerprint density at radius 2 is 2.20 bits per heavy atom. The van der Waals surface area contributed by atoms with E-state index >= 15 is 0 Å². The second-order valence-corrected chi connectivity index (χ2v) is 6.02. The summed E-state index contributed by atoms with van der Waals surface area (Å²) < 4.78 is 14.5. The molecule has 0 aliphatic carbocycles. The first-order valence-corrected chi connectivity index (χ1v) is 7.46. The van der Waals surface area contributed by atoms with Crippen molar-refractivity contribution in [2.24, 2.45) is 0 Å². The number of hydrogen-bond donors (Lipinski definition) is 1. The van der Waals surface area contributed by atoms with Gasteiger partial charge in [0.1, 0.15) is 5.82 Å². The predicted octanol–water partition coefficient (Wildman–Crippen LogP) is 3.27. The number of thiophene rings is 1. The van der Waals surface area contributed by atoms with Crippen molar-refractivity contribution in [3.8, 4) is 0 Å². The van der Waals surface area contributed by atoms with Crippen LogP contribution in [-0.4, -0.2) is 35.1 Å². The summed E-state index contributed by atoms with van der Waals surface area (Å²) in [6, 6.07) is 6.52. The van der Waals surface area contributed by atoms with Gasteiger partial charge >= 0.3 is 0 Å². The highest BCUT2D eigenvalue weighted by Gasteiger charge is 2.21. The third-order valence-corrected chi connectivity index (χ3v) is 4.25. The Hall–Kier alpha value is -1.46. The summed E-state index contributed by atoms with van der Waals surface area (Å²) >= 11 is 1.31. The van der Waals surface area contributed by atoms with Crippen molar-refractivity contribution in [1.82, 2.24) is 4.90 Å². The number of amides is 1. The number of carbonyl (C=O) groups is 1. The Morgan fingerprint density at radius 3 is 2.80 bits per heavy atom. The predicted molar refractivity (Wildman–Crippen MR) is 79.7 cm³/mol. The van der Waals surface area contributed by atoms with Gasteiger partial charge in [-0.1, -0.05) is 6.07 Å². The van der Waals surface area contributed by atoms with Crippen LogP contribution in [0.15, 0.2) is 24.3 Å². The van der Waals surface area contributed by atoms with Crippen LogP contribution in [0.1, 0.15) is 29.9 Å². The molecule has 0 saturated carbocycles. The minimum Gasteiger partial charge on any atom is -0.396 e. The van der Waals surface area contributed by atoms with Gasteiger partial charge in [-0.2, -0.15) is 0 Å². The molecule has 1 N–H and O–H groups in total. The highest BCUT2D eigenvalue weighted by Crippen LogP contribution is 2.28. The number of hydrogen-bond acceptors (Lipinski definition) is 3. The van der Waals surface area contributed by atoms with Gasteiger partial charge in [-0.25, -0.2) is 4.39 Å². The van der Waals surface area contributed by atoms with Crippen LogP contribution >= 0.6 is 11.3 Å². The third-order valence-electron chi connectivity index (χ3n) is 3.16. The van der Waals surface area contributed by atoms with Crippen LogP contribution in [0.3, 0.4) is 0 Å². The van der Waals surface area contributed by atoms with Crippen LogP contribution < -0.4 is 0 Å². The van der Waals surface area contributed by atoms with Gasteiger partial charge in [0, 0.05) is 29.3 Å². The molecule has 0 saturated heterocycles. The van der Waals surface area contributed by atoms with Gasteiger partial charge in [-0.15, -0.1) is 11.3 Å². The molecule has 5 heteroatoms. The molecule has 0 bridgehead atoms. The fourth-order valence-corrected chi connectivity index (χ4v) is 3.14. The van der Waals surface area contributed by atoms with Crippen LogP contribution in [0.4, 0.5) is 4.39 Å². The third kappa shape index (κ3) is 2.99. The van der Waals surface area contributed by atoms with Crippen molar-refractivity contribution < 1.29 is 14.3 Å². The monoisotopic (exact) mass is 295 g/mol. The van der Waals surface area contributed by atoms with E-state index in [4.69, 9.17) is 5.11 Å². The molecule has 0 fully saturated rings. The molecule has 0 unspecified atom stereocenters. The fourth-order valence-electron chi connectivity index (χ4n) is 2.11. The van der Waals surface area contributed by atoms with E-state index < -0.39 is 0 Å².